The lowest BCUT2D eigenvalue weighted by Crippen LogP contribution is -2.27. The Hall–Kier alpha value is -4.27. The Labute approximate surface area is 215 Å². The number of allylic oxidation sites excluding steroid dienone is 1. The summed E-state index contributed by atoms with van der Waals surface area (Å²) in [6.07, 6.45) is 4.36. The first-order chi connectivity index (χ1) is 17.5. The Balaban J connectivity index is 1.80. The van der Waals surface area contributed by atoms with Crippen molar-refractivity contribution in [3.63, 3.8) is 0 Å². The molecule has 1 aromatic heterocycles. The predicted molar refractivity (Wildman–Crippen MR) is 143 cm³/mol. The molecule has 37 heavy (non-hydrogen) atoms. The maximum atomic E-state index is 15.0. The van der Waals surface area contributed by atoms with Crippen LogP contribution in [0.5, 0.6) is 11.5 Å². The van der Waals surface area contributed by atoms with Crippen molar-refractivity contribution in [2.45, 2.75) is 46.1 Å². The fraction of sp³-hybridized carbons (Fsp3) is 0.286. The van der Waals surface area contributed by atoms with Crippen molar-refractivity contribution in [2.75, 3.05) is 7.05 Å². The molecule has 0 saturated carbocycles. The van der Waals surface area contributed by atoms with Crippen LogP contribution in [0.1, 0.15) is 37.5 Å². The summed E-state index contributed by atoms with van der Waals surface area (Å²) in [5, 5.41) is 5.95. The topological polar surface area (TPSA) is 119 Å². The second-order valence-electron chi connectivity index (χ2n) is 9.60. The summed E-state index contributed by atoms with van der Waals surface area (Å²) in [6, 6.07) is 10.0. The molecule has 194 valence electrons. The Kier molecular flexibility index (Phi) is 8.60. The van der Waals surface area contributed by atoms with Gasteiger partial charge in [-0.3, -0.25) is 19.6 Å². The molecule has 0 radical (unpaired) electrons. The van der Waals surface area contributed by atoms with Gasteiger partial charge in [-0.2, -0.15) is 0 Å². The summed E-state index contributed by atoms with van der Waals surface area (Å²) in [4.78, 5) is 33.0. The van der Waals surface area contributed by atoms with E-state index >= 15 is 0 Å². The number of aliphatic imine (C=N–C) groups is 1. The number of nitrogens with zero attached hydrogens (tertiary/aromatic N) is 2. The van der Waals surface area contributed by atoms with E-state index in [0.29, 0.717) is 33.7 Å². The Morgan fingerprint density at radius 2 is 1.86 bits per heavy atom. The van der Waals surface area contributed by atoms with Gasteiger partial charge in [-0.05, 0) is 68.7 Å². The summed E-state index contributed by atoms with van der Waals surface area (Å²) < 4.78 is 21.1. The first-order valence-electron chi connectivity index (χ1n) is 11.8. The van der Waals surface area contributed by atoms with E-state index in [9.17, 15) is 14.0 Å². The number of nitrogens with one attached hydrogen (secondary N) is 2. The standard InChI is InChI=1S/C28H32FN5O3/c1-17-10-19(13-27(36)34-20(15-30)16-33-28(2,3)4)22(29)14-25(17)37-24-8-9-32-23-7-6-18(11-21(23)24)12-26(35)31-5/h6-11,14-16H,12-13,30H2,1-5H3,(H,31,35)(H,34,36)/b20-15+,33-16?. The van der Waals surface area contributed by atoms with Crippen LogP contribution in [-0.2, 0) is 22.4 Å². The quantitative estimate of drug-likeness (QED) is 0.399. The molecule has 2 aromatic carbocycles. The van der Waals surface area contributed by atoms with E-state index in [4.69, 9.17) is 10.5 Å². The number of carbonyl (C=O) groups excluding carboxylic acids is 2. The molecule has 2 amide bonds. The van der Waals surface area contributed by atoms with Gasteiger partial charge in [0.1, 0.15) is 17.3 Å². The van der Waals surface area contributed by atoms with E-state index in [1.807, 2.05) is 39.0 Å². The van der Waals surface area contributed by atoms with Gasteiger partial charge in [0.25, 0.3) is 0 Å². The maximum absolute atomic E-state index is 15.0. The van der Waals surface area contributed by atoms with E-state index in [0.717, 1.165) is 5.56 Å². The molecule has 3 rings (SSSR count). The average molecular weight is 506 g/mol. The molecule has 0 fully saturated rings. The van der Waals surface area contributed by atoms with Crippen LogP contribution in [-0.4, -0.2) is 35.6 Å². The van der Waals surface area contributed by atoms with Crippen LogP contribution in [0.25, 0.3) is 10.9 Å². The number of hydrogen-bond acceptors (Lipinski definition) is 6. The fourth-order valence-corrected chi connectivity index (χ4v) is 3.49. The van der Waals surface area contributed by atoms with Crippen molar-refractivity contribution in [1.82, 2.24) is 15.6 Å². The van der Waals surface area contributed by atoms with Crippen molar-refractivity contribution < 1.29 is 18.7 Å². The van der Waals surface area contributed by atoms with E-state index < -0.39 is 11.7 Å². The number of amides is 2. The molecule has 9 heteroatoms. The van der Waals surface area contributed by atoms with Crippen molar-refractivity contribution in [3.8, 4) is 11.5 Å². The van der Waals surface area contributed by atoms with Gasteiger partial charge in [-0.1, -0.05) is 6.07 Å². The van der Waals surface area contributed by atoms with Gasteiger partial charge < -0.3 is 21.1 Å². The predicted octanol–water partition coefficient (Wildman–Crippen LogP) is 4.09. The van der Waals surface area contributed by atoms with Crippen LogP contribution in [0.4, 0.5) is 4.39 Å². The number of carbonyl (C=O) groups is 2. The molecule has 3 aromatic rings. The van der Waals surface area contributed by atoms with Gasteiger partial charge in [-0.15, -0.1) is 0 Å². The number of likely N-dealkylation sites (N-methyl/N-ethyl adjacent to an activating group) is 1. The Morgan fingerprint density at radius 3 is 2.54 bits per heavy atom. The molecule has 0 aliphatic carbocycles. The summed E-state index contributed by atoms with van der Waals surface area (Å²) >= 11 is 0. The first kappa shape index (κ1) is 27.3. The third-order valence-electron chi connectivity index (χ3n) is 5.38. The monoisotopic (exact) mass is 505 g/mol. The number of benzene rings is 2. The van der Waals surface area contributed by atoms with Gasteiger partial charge in [-0.25, -0.2) is 4.39 Å². The van der Waals surface area contributed by atoms with Crippen molar-refractivity contribution in [2.24, 2.45) is 10.7 Å². The number of hydrogen-bond donors (Lipinski definition) is 3. The lowest BCUT2D eigenvalue weighted by Gasteiger charge is -2.14. The number of pyridine rings is 1. The highest BCUT2D eigenvalue weighted by molar-refractivity contribution is 5.89. The summed E-state index contributed by atoms with van der Waals surface area (Å²) in [6.45, 7) is 7.52. The van der Waals surface area contributed by atoms with Crippen LogP contribution < -0.4 is 21.1 Å². The van der Waals surface area contributed by atoms with Crippen LogP contribution in [0.3, 0.4) is 0 Å². The van der Waals surface area contributed by atoms with Crippen molar-refractivity contribution in [3.05, 3.63) is 77.0 Å². The molecule has 0 aliphatic heterocycles. The van der Waals surface area contributed by atoms with Gasteiger partial charge >= 0.3 is 0 Å². The highest BCUT2D eigenvalue weighted by Gasteiger charge is 2.15. The molecule has 4 N–H and O–H groups in total. The van der Waals surface area contributed by atoms with Crippen LogP contribution in [0.2, 0.25) is 0 Å². The summed E-state index contributed by atoms with van der Waals surface area (Å²) in [5.74, 6) is -0.319. The van der Waals surface area contributed by atoms with Gasteiger partial charge in [0.15, 0.2) is 0 Å². The molecule has 0 aliphatic rings. The fourth-order valence-electron chi connectivity index (χ4n) is 3.49. The van der Waals surface area contributed by atoms with Crippen molar-refractivity contribution in [1.29, 1.82) is 0 Å². The molecule has 8 nitrogen and oxygen atoms in total. The summed E-state index contributed by atoms with van der Waals surface area (Å²) in [7, 11) is 1.58. The minimum absolute atomic E-state index is 0.112. The second-order valence-corrected chi connectivity index (χ2v) is 9.60. The molecule has 1 heterocycles. The largest absolute Gasteiger partial charge is 0.456 e. The zero-order chi connectivity index (χ0) is 27.2. The van der Waals surface area contributed by atoms with E-state index in [1.165, 1.54) is 18.5 Å². The molecule has 0 spiro atoms. The zero-order valence-corrected chi connectivity index (χ0v) is 21.7. The summed E-state index contributed by atoms with van der Waals surface area (Å²) in [5.41, 5.74) is 7.94. The highest BCUT2D eigenvalue weighted by atomic mass is 19.1. The van der Waals surface area contributed by atoms with Crippen LogP contribution in [0, 0.1) is 12.7 Å². The number of halogens is 1. The first-order valence-corrected chi connectivity index (χ1v) is 11.8. The zero-order valence-electron chi connectivity index (χ0n) is 21.7. The van der Waals surface area contributed by atoms with Crippen LogP contribution in [0.15, 0.2) is 59.5 Å². The normalized spacial score (nSPS) is 12.1. The smallest absolute Gasteiger partial charge is 0.228 e. The van der Waals surface area contributed by atoms with Gasteiger partial charge in [0.05, 0.1) is 29.6 Å². The Bertz CT molecular complexity index is 1380. The van der Waals surface area contributed by atoms with Crippen LogP contribution >= 0.6 is 0 Å². The minimum Gasteiger partial charge on any atom is -0.456 e. The third kappa shape index (κ3) is 7.60. The Morgan fingerprint density at radius 1 is 1.11 bits per heavy atom. The van der Waals surface area contributed by atoms with Gasteiger partial charge in [0.2, 0.25) is 11.8 Å². The van der Waals surface area contributed by atoms with E-state index in [2.05, 4.69) is 20.6 Å². The molecular weight excluding hydrogens is 473 g/mol. The molecule has 0 atom stereocenters. The lowest BCUT2D eigenvalue weighted by atomic mass is 10.1. The third-order valence-corrected chi connectivity index (χ3v) is 5.38. The second kappa shape index (κ2) is 11.6. The highest BCUT2D eigenvalue weighted by Crippen LogP contribution is 2.32. The average Bonchev–Trinajstić information content (AvgIpc) is 2.84. The minimum atomic E-state index is -0.573. The lowest BCUT2D eigenvalue weighted by molar-refractivity contribution is -0.120. The number of fused-ring (bicyclic) bond motifs is 1. The number of aryl methyl sites for hydroxylation is 1. The van der Waals surface area contributed by atoms with E-state index in [-0.39, 0.29) is 29.9 Å². The molecule has 0 saturated heterocycles. The number of nitrogens with two attached hydrogens (primary N) is 1. The molecule has 0 unspecified atom stereocenters. The number of rotatable bonds is 8. The molecular formula is C28H32FN5O3. The van der Waals surface area contributed by atoms with Crippen molar-refractivity contribution >= 4 is 28.9 Å². The number of aromatic nitrogens is 1. The van der Waals surface area contributed by atoms with Gasteiger partial charge in [0, 0.05) is 37.1 Å². The van der Waals surface area contributed by atoms with E-state index in [1.54, 1.807) is 32.3 Å². The maximum Gasteiger partial charge on any atom is 0.228 e. The molecule has 0 bridgehead atoms. The number of ether oxygens (including phenoxy) is 1. The SMILES string of the molecule is CNC(=O)Cc1ccc2nccc(Oc3cc(F)c(CC(=O)N/C(C=NC(C)(C)C)=C/N)cc3C)c2c1.